The average molecular weight is 481 g/mol. The lowest BCUT2D eigenvalue weighted by atomic mass is 9.96. The van der Waals surface area contributed by atoms with E-state index in [2.05, 4.69) is 11.0 Å². The molecule has 34 heavy (non-hydrogen) atoms. The number of carbonyl (C=O) groups excluding carboxylic acids is 1. The van der Waals surface area contributed by atoms with E-state index in [1.165, 1.54) is 9.87 Å². The van der Waals surface area contributed by atoms with Gasteiger partial charge in [-0.1, -0.05) is 29.8 Å². The summed E-state index contributed by atoms with van der Waals surface area (Å²) in [6.45, 7) is 6.67. The van der Waals surface area contributed by atoms with Crippen LogP contribution in [0.3, 0.4) is 0 Å². The standard InChI is InChI=1S/C26H32N4O3S/c1-21-3-9-25(10-4-21)34(32,33)30-15-11-24(12-16-30)26(31)29-14-2-13-28(17-18-29)20-23-7-5-22(19-27)6-8-23/h3-10,24H,2,11-18,20H2,1H3. The molecule has 2 fully saturated rings. The van der Waals surface area contributed by atoms with E-state index in [1.807, 2.05) is 48.2 Å². The molecule has 180 valence electrons. The van der Waals surface area contributed by atoms with Crippen LogP contribution < -0.4 is 0 Å². The Balaban J connectivity index is 1.29. The lowest BCUT2D eigenvalue weighted by molar-refractivity contribution is -0.136. The molecule has 0 radical (unpaired) electrons. The third-order valence-corrected chi connectivity index (χ3v) is 8.76. The fraction of sp³-hybridized carbons (Fsp3) is 0.462. The van der Waals surface area contributed by atoms with Gasteiger partial charge >= 0.3 is 0 Å². The van der Waals surface area contributed by atoms with Gasteiger partial charge in [-0.3, -0.25) is 9.69 Å². The number of amides is 1. The van der Waals surface area contributed by atoms with Crippen LogP contribution in [-0.4, -0.2) is 67.7 Å². The summed E-state index contributed by atoms with van der Waals surface area (Å²) in [5.41, 5.74) is 2.85. The second-order valence-corrected chi connectivity index (χ2v) is 11.2. The molecule has 2 aromatic rings. The number of piperidine rings is 1. The summed E-state index contributed by atoms with van der Waals surface area (Å²) < 4.78 is 27.4. The van der Waals surface area contributed by atoms with Gasteiger partial charge in [-0.2, -0.15) is 9.57 Å². The molecule has 2 aliphatic rings. The number of carbonyl (C=O) groups is 1. The monoisotopic (exact) mass is 480 g/mol. The summed E-state index contributed by atoms with van der Waals surface area (Å²) in [7, 11) is -3.52. The molecule has 2 aliphatic heterocycles. The van der Waals surface area contributed by atoms with Crippen LogP contribution in [0.1, 0.15) is 36.0 Å². The third-order valence-electron chi connectivity index (χ3n) is 6.85. The normalized spacial score (nSPS) is 18.9. The Morgan fingerprint density at radius 3 is 2.26 bits per heavy atom. The predicted octanol–water partition coefficient (Wildman–Crippen LogP) is 3.00. The highest BCUT2D eigenvalue weighted by molar-refractivity contribution is 7.89. The fourth-order valence-corrected chi connectivity index (χ4v) is 6.22. The number of sulfonamides is 1. The number of rotatable bonds is 5. The van der Waals surface area contributed by atoms with Gasteiger partial charge in [0, 0.05) is 51.7 Å². The first-order chi connectivity index (χ1) is 16.4. The first-order valence-corrected chi connectivity index (χ1v) is 13.4. The smallest absolute Gasteiger partial charge is 0.243 e. The van der Waals surface area contributed by atoms with Crippen molar-refractivity contribution in [2.24, 2.45) is 5.92 Å². The van der Waals surface area contributed by atoms with Gasteiger partial charge in [0.15, 0.2) is 0 Å². The zero-order valence-corrected chi connectivity index (χ0v) is 20.5. The molecule has 0 atom stereocenters. The van der Waals surface area contributed by atoms with Gasteiger partial charge in [0.05, 0.1) is 16.5 Å². The number of nitrogens with zero attached hydrogens (tertiary/aromatic N) is 4. The van der Waals surface area contributed by atoms with Crippen LogP contribution in [-0.2, 0) is 21.4 Å². The van der Waals surface area contributed by atoms with Crippen molar-refractivity contribution in [3.63, 3.8) is 0 Å². The van der Waals surface area contributed by atoms with E-state index in [9.17, 15) is 13.2 Å². The SMILES string of the molecule is Cc1ccc(S(=O)(=O)N2CCC(C(=O)N3CCCN(Cc4ccc(C#N)cc4)CC3)CC2)cc1. The number of benzene rings is 2. The van der Waals surface area contributed by atoms with Crippen molar-refractivity contribution in [2.45, 2.75) is 37.6 Å². The van der Waals surface area contributed by atoms with E-state index in [4.69, 9.17) is 5.26 Å². The summed E-state index contributed by atoms with van der Waals surface area (Å²) >= 11 is 0. The molecule has 8 heteroatoms. The van der Waals surface area contributed by atoms with Crippen molar-refractivity contribution >= 4 is 15.9 Å². The zero-order chi connectivity index (χ0) is 24.1. The van der Waals surface area contributed by atoms with Crippen molar-refractivity contribution in [2.75, 3.05) is 39.3 Å². The van der Waals surface area contributed by atoms with Gasteiger partial charge in [-0.25, -0.2) is 8.42 Å². The van der Waals surface area contributed by atoms with E-state index in [-0.39, 0.29) is 11.8 Å². The van der Waals surface area contributed by atoms with Gasteiger partial charge in [0.25, 0.3) is 0 Å². The van der Waals surface area contributed by atoms with Gasteiger partial charge in [-0.05, 0) is 56.0 Å². The van der Waals surface area contributed by atoms with E-state index in [0.29, 0.717) is 42.9 Å². The van der Waals surface area contributed by atoms with Crippen LogP contribution in [0.25, 0.3) is 0 Å². The summed E-state index contributed by atoms with van der Waals surface area (Å²) in [6.07, 6.45) is 2.05. The molecule has 0 saturated carbocycles. The highest BCUT2D eigenvalue weighted by atomic mass is 32.2. The minimum Gasteiger partial charge on any atom is -0.341 e. The average Bonchev–Trinajstić information content (AvgIpc) is 3.10. The van der Waals surface area contributed by atoms with Crippen molar-refractivity contribution in [1.82, 2.24) is 14.1 Å². The lowest BCUT2D eigenvalue weighted by Gasteiger charge is -2.33. The first kappa shape index (κ1) is 24.4. The second kappa shape index (κ2) is 10.7. The molecule has 0 aliphatic carbocycles. The molecule has 0 unspecified atom stereocenters. The molecule has 1 amide bonds. The molecule has 0 bridgehead atoms. The van der Waals surface area contributed by atoms with Crippen molar-refractivity contribution < 1.29 is 13.2 Å². The minimum absolute atomic E-state index is 0.116. The van der Waals surface area contributed by atoms with Crippen LogP contribution >= 0.6 is 0 Å². The molecule has 7 nitrogen and oxygen atoms in total. The molecule has 2 heterocycles. The van der Waals surface area contributed by atoms with Gasteiger partial charge in [0.1, 0.15) is 0 Å². The largest absolute Gasteiger partial charge is 0.341 e. The van der Waals surface area contributed by atoms with Crippen LogP contribution in [0.4, 0.5) is 0 Å². The molecular formula is C26H32N4O3S. The van der Waals surface area contributed by atoms with Gasteiger partial charge in [-0.15, -0.1) is 0 Å². The predicted molar refractivity (Wildman–Crippen MR) is 130 cm³/mol. The van der Waals surface area contributed by atoms with Crippen LogP contribution in [0.15, 0.2) is 53.4 Å². The van der Waals surface area contributed by atoms with Crippen LogP contribution in [0.5, 0.6) is 0 Å². The number of hydrogen-bond acceptors (Lipinski definition) is 5. The Hall–Kier alpha value is -2.73. The maximum atomic E-state index is 13.2. The van der Waals surface area contributed by atoms with Gasteiger partial charge in [0.2, 0.25) is 15.9 Å². The molecule has 4 rings (SSSR count). The summed E-state index contributed by atoms with van der Waals surface area (Å²) in [6, 6.07) is 16.7. The van der Waals surface area contributed by atoms with Crippen LogP contribution in [0.2, 0.25) is 0 Å². The maximum absolute atomic E-state index is 13.2. The highest BCUT2D eigenvalue weighted by Crippen LogP contribution is 2.26. The second-order valence-electron chi connectivity index (χ2n) is 9.26. The molecular weight excluding hydrogens is 448 g/mol. The van der Waals surface area contributed by atoms with Crippen molar-refractivity contribution in [3.05, 3.63) is 65.2 Å². The summed E-state index contributed by atoms with van der Waals surface area (Å²) in [5, 5.41) is 8.96. The maximum Gasteiger partial charge on any atom is 0.243 e. The number of hydrogen-bond donors (Lipinski definition) is 0. The summed E-state index contributed by atoms with van der Waals surface area (Å²) in [4.78, 5) is 17.8. The Kier molecular flexibility index (Phi) is 7.67. The van der Waals surface area contributed by atoms with E-state index in [0.717, 1.165) is 38.2 Å². The Labute approximate surface area is 202 Å². The number of aryl methyl sites for hydroxylation is 1. The minimum atomic E-state index is -3.52. The van der Waals surface area contributed by atoms with Gasteiger partial charge < -0.3 is 4.90 Å². The quantitative estimate of drug-likeness (QED) is 0.657. The third kappa shape index (κ3) is 5.66. The van der Waals surface area contributed by atoms with Crippen molar-refractivity contribution in [3.8, 4) is 6.07 Å². The van der Waals surface area contributed by atoms with E-state index in [1.54, 1.807) is 12.1 Å². The topological polar surface area (TPSA) is 84.7 Å². The van der Waals surface area contributed by atoms with E-state index >= 15 is 0 Å². The van der Waals surface area contributed by atoms with E-state index < -0.39 is 10.0 Å². The van der Waals surface area contributed by atoms with Crippen LogP contribution in [0, 0.1) is 24.2 Å². The molecule has 0 N–H and O–H groups in total. The Morgan fingerprint density at radius 2 is 1.62 bits per heavy atom. The molecule has 0 spiro atoms. The van der Waals surface area contributed by atoms with Crippen molar-refractivity contribution in [1.29, 1.82) is 5.26 Å². The molecule has 2 aromatic carbocycles. The zero-order valence-electron chi connectivity index (χ0n) is 19.7. The first-order valence-electron chi connectivity index (χ1n) is 11.9. The molecule has 2 saturated heterocycles. The lowest BCUT2D eigenvalue weighted by Crippen LogP contribution is -2.45. The molecule has 0 aromatic heterocycles. The highest BCUT2D eigenvalue weighted by Gasteiger charge is 2.34. The summed E-state index contributed by atoms with van der Waals surface area (Å²) in [5.74, 6) is 0.0437. The fourth-order valence-electron chi connectivity index (χ4n) is 4.75. The Morgan fingerprint density at radius 1 is 0.941 bits per heavy atom. The Bertz CT molecular complexity index is 1130. The number of nitriles is 1.